The summed E-state index contributed by atoms with van der Waals surface area (Å²) >= 11 is 2.42. The first-order valence-electron chi connectivity index (χ1n) is 8.98. The molecule has 30 heavy (non-hydrogen) atoms. The van der Waals surface area contributed by atoms with Crippen molar-refractivity contribution in [3.05, 3.63) is 47.6 Å². The van der Waals surface area contributed by atoms with Crippen LogP contribution in [0, 0.1) is 6.92 Å². The highest BCUT2D eigenvalue weighted by Gasteiger charge is 2.19. The summed E-state index contributed by atoms with van der Waals surface area (Å²) in [5, 5.41) is 12.1. The third-order valence-corrected chi connectivity index (χ3v) is 5.93. The Morgan fingerprint density at radius 3 is 2.80 bits per heavy atom. The smallest absolute Gasteiger partial charge is 0.265 e. The molecule has 1 N–H and O–H groups in total. The van der Waals surface area contributed by atoms with Gasteiger partial charge in [0.15, 0.2) is 16.1 Å². The van der Waals surface area contributed by atoms with Crippen molar-refractivity contribution in [2.45, 2.75) is 18.6 Å². The lowest BCUT2D eigenvalue weighted by atomic mass is 10.3. The molecule has 3 rings (SSSR count). The molecule has 3 aromatic heterocycles. The molecule has 0 radical (unpaired) electrons. The van der Waals surface area contributed by atoms with E-state index in [4.69, 9.17) is 0 Å². The summed E-state index contributed by atoms with van der Waals surface area (Å²) in [5.41, 5.74) is 1.28. The molecule has 0 bridgehead atoms. The van der Waals surface area contributed by atoms with Gasteiger partial charge in [-0.3, -0.25) is 19.1 Å². The lowest BCUT2D eigenvalue weighted by Gasteiger charge is -2.07. The molecule has 0 spiro atoms. The number of hydrogen-bond acceptors (Lipinski definition) is 8. The fourth-order valence-corrected chi connectivity index (χ4v) is 4.26. The first-order chi connectivity index (χ1) is 14.4. The van der Waals surface area contributed by atoms with Crippen molar-refractivity contribution in [3.63, 3.8) is 0 Å². The molecule has 9 nitrogen and oxygen atoms in total. The molecular formula is C19H21N7O2S2. The second kappa shape index (κ2) is 9.63. The molecule has 0 aromatic carbocycles. The van der Waals surface area contributed by atoms with Crippen LogP contribution >= 0.6 is 23.1 Å². The van der Waals surface area contributed by atoms with Crippen LogP contribution in [-0.4, -0.2) is 61.3 Å². The van der Waals surface area contributed by atoms with E-state index in [9.17, 15) is 9.59 Å². The number of nitrogens with zero attached hydrogens (tertiary/aromatic N) is 6. The standard InChI is InChI=1S/C19H21N7O2S2/c1-5-10-26-16(13-8-6-7-9-20-13)23-24-19(26)29-11-14(27)22-18-21-12(2)15(30-18)17(28)25(3)4/h5-9H,1,10-11H2,2-4H3,(H,21,22,27). The topological polar surface area (TPSA) is 106 Å². The summed E-state index contributed by atoms with van der Waals surface area (Å²) in [6.45, 7) is 6.01. The Kier molecular flexibility index (Phi) is 6.95. The summed E-state index contributed by atoms with van der Waals surface area (Å²) in [7, 11) is 3.35. The fraction of sp³-hybridized carbons (Fsp3) is 0.263. The van der Waals surface area contributed by atoms with Gasteiger partial charge in [-0.1, -0.05) is 35.2 Å². The van der Waals surface area contributed by atoms with Crippen molar-refractivity contribution in [2.24, 2.45) is 0 Å². The lowest BCUT2D eigenvalue weighted by molar-refractivity contribution is -0.113. The van der Waals surface area contributed by atoms with Crippen molar-refractivity contribution >= 4 is 40.0 Å². The second-order valence-electron chi connectivity index (χ2n) is 6.39. The van der Waals surface area contributed by atoms with Crippen LogP contribution in [0.5, 0.6) is 0 Å². The monoisotopic (exact) mass is 443 g/mol. The maximum Gasteiger partial charge on any atom is 0.265 e. The molecule has 0 fully saturated rings. The number of thiazole rings is 1. The quantitative estimate of drug-likeness (QED) is 0.421. The number of nitrogens with one attached hydrogen (secondary N) is 1. The number of carbonyl (C=O) groups is 2. The van der Waals surface area contributed by atoms with Gasteiger partial charge in [-0.15, -0.1) is 16.8 Å². The van der Waals surface area contributed by atoms with Gasteiger partial charge in [-0.2, -0.15) is 0 Å². The minimum atomic E-state index is -0.245. The van der Waals surface area contributed by atoms with Crippen molar-refractivity contribution in [1.29, 1.82) is 0 Å². The number of carbonyl (C=O) groups excluding carboxylic acids is 2. The van der Waals surface area contributed by atoms with Crippen molar-refractivity contribution in [1.82, 2.24) is 29.6 Å². The van der Waals surface area contributed by atoms with E-state index >= 15 is 0 Å². The van der Waals surface area contributed by atoms with Crippen LogP contribution in [0.3, 0.4) is 0 Å². The number of allylic oxidation sites excluding steroid dienone is 1. The summed E-state index contributed by atoms with van der Waals surface area (Å²) < 4.78 is 1.86. The van der Waals surface area contributed by atoms with E-state index in [0.717, 1.165) is 11.3 Å². The van der Waals surface area contributed by atoms with Crippen LogP contribution in [0.15, 0.2) is 42.2 Å². The predicted octanol–water partition coefficient (Wildman–Crippen LogP) is 2.72. The fourth-order valence-electron chi connectivity index (χ4n) is 2.51. The molecule has 0 atom stereocenters. The number of hydrogen-bond donors (Lipinski definition) is 1. The van der Waals surface area contributed by atoms with Gasteiger partial charge in [0.1, 0.15) is 10.6 Å². The number of thioether (sulfide) groups is 1. The van der Waals surface area contributed by atoms with Gasteiger partial charge in [0.25, 0.3) is 5.91 Å². The zero-order valence-corrected chi connectivity index (χ0v) is 18.5. The molecule has 156 valence electrons. The molecule has 0 saturated carbocycles. The maximum absolute atomic E-state index is 12.4. The Labute approximate surface area is 182 Å². The molecule has 11 heteroatoms. The Hall–Kier alpha value is -3.05. The SMILES string of the molecule is C=CCn1c(SCC(=O)Nc2nc(C)c(C(=O)N(C)C)s2)nnc1-c1ccccn1. The number of aromatic nitrogens is 5. The Bertz CT molecular complexity index is 1060. The van der Waals surface area contributed by atoms with Crippen LogP contribution in [0.2, 0.25) is 0 Å². The van der Waals surface area contributed by atoms with E-state index in [-0.39, 0.29) is 17.6 Å². The van der Waals surface area contributed by atoms with Gasteiger partial charge in [0.05, 0.1) is 11.4 Å². The van der Waals surface area contributed by atoms with Crippen molar-refractivity contribution in [3.8, 4) is 11.5 Å². The molecule has 3 aromatic rings. The van der Waals surface area contributed by atoms with Gasteiger partial charge in [-0.25, -0.2) is 4.98 Å². The normalized spacial score (nSPS) is 10.6. The van der Waals surface area contributed by atoms with Gasteiger partial charge < -0.3 is 10.2 Å². The molecule has 3 heterocycles. The minimum absolute atomic E-state index is 0.118. The third kappa shape index (κ3) is 4.92. The maximum atomic E-state index is 12.4. The van der Waals surface area contributed by atoms with Crippen LogP contribution in [0.25, 0.3) is 11.5 Å². The van der Waals surface area contributed by atoms with E-state index in [1.165, 1.54) is 16.7 Å². The predicted molar refractivity (Wildman–Crippen MR) is 118 cm³/mol. The number of anilines is 1. The van der Waals surface area contributed by atoms with Crippen LogP contribution in [-0.2, 0) is 11.3 Å². The number of amides is 2. The molecule has 0 unspecified atom stereocenters. The van der Waals surface area contributed by atoms with Crippen LogP contribution in [0.1, 0.15) is 15.4 Å². The van der Waals surface area contributed by atoms with Crippen LogP contribution < -0.4 is 5.32 Å². The van der Waals surface area contributed by atoms with Crippen molar-refractivity contribution in [2.75, 3.05) is 25.2 Å². The summed E-state index contributed by atoms with van der Waals surface area (Å²) in [6.07, 6.45) is 3.43. The second-order valence-corrected chi connectivity index (χ2v) is 8.33. The highest BCUT2D eigenvalue weighted by Crippen LogP contribution is 2.25. The highest BCUT2D eigenvalue weighted by molar-refractivity contribution is 7.99. The number of rotatable bonds is 8. The van der Waals surface area contributed by atoms with Gasteiger partial charge in [0, 0.05) is 26.8 Å². The molecule has 0 saturated heterocycles. The average Bonchev–Trinajstić information content (AvgIpc) is 3.29. The van der Waals surface area contributed by atoms with E-state index < -0.39 is 0 Å². The number of aryl methyl sites for hydroxylation is 1. The molecular weight excluding hydrogens is 422 g/mol. The largest absolute Gasteiger partial charge is 0.344 e. The third-order valence-electron chi connectivity index (χ3n) is 3.90. The van der Waals surface area contributed by atoms with Gasteiger partial charge in [0.2, 0.25) is 5.91 Å². The Balaban J connectivity index is 1.68. The molecule has 0 aliphatic carbocycles. The first kappa shape index (κ1) is 21.7. The molecule has 2 amide bonds. The average molecular weight is 444 g/mol. The molecule has 0 aliphatic heterocycles. The van der Waals surface area contributed by atoms with E-state index in [1.807, 2.05) is 22.8 Å². The van der Waals surface area contributed by atoms with Gasteiger partial charge >= 0.3 is 0 Å². The van der Waals surface area contributed by atoms with E-state index in [0.29, 0.717) is 38.9 Å². The van der Waals surface area contributed by atoms with Gasteiger partial charge in [-0.05, 0) is 19.1 Å². The molecule has 0 aliphatic rings. The zero-order chi connectivity index (χ0) is 21.7. The Morgan fingerprint density at radius 2 is 2.13 bits per heavy atom. The Morgan fingerprint density at radius 1 is 1.33 bits per heavy atom. The van der Waals surface area contributed by atoms with E-state index in [2.05, 4.69) is 32.1 Å². The van der Waals surface area contributed by atoms with Crippen LogP contribution in [0.4, 0.5) is 5.13 Å². The zero-order valence-electron chi connectivity index (χ0n) is 16.8. The summed E-state index contributed by atoms with van der Waals surface area (Å²) in [6, 6.07) is 5.55. The lowest BCUT2D eigenvalue weighted by Crippen LogP contribution is -2.21. The summed E-state index contributed by atoms with van der Waals surface area (Å²) in [5.74, 6) is 0.345. The highest BCUT2D eigenvalue weighted by atomic mass is 32.2. The number of pyridine rings is 1. The van der Waals surface area contributed by atoms with Crippen molar-refractivity contribution < 1.29 is 9.59 Å². The van der Waals surface area contributed by atoms with E-state index in [1.54, 1.807) is 33.3 Å². The first-order valence-corrected chi connectivity index (χ1v) is 10.8. The summed E-state index contributed by atoms with van der Waals surface area (Å²) in [4.78, 5) is 35.1. The minimum Gasteiger partial charge on any atom is -0.344 e.